The van der Waals surface area contributed by atoms with Crippen LogP contribution in [0.2, 0.25) is 0 Å². The average molecular weight is 784 g/mol. The summed E-state index contributed by atoms with van der Waals surface area (Å²) in [6, 6.07) is 58.9. The van der Waals surface area contributed by atoms with Gasteiger partial charge in [-0.05, 0) is 90.6 Å². The topological polar surface area (TPSA) is 26.4 Å². The minimum atomic E-state index is 0.779. The standard InChI is InChI=1S/C54H51N6/c1-40-46(34-58-37-55(31-43-19-7-4-8-20-43)49-25-13-16-28-52(49)58)41(2)48(36-60-39-57(33-45-23-11-6-12-24-45)51-27-15-18-30-54(51)60)42(3)47(40)35-59-38-56(32-44-21-9-5-10-22-44)50-26-14-17-29-53(50)59/h4-30,37-39H,31-36H2,1-3H3/q+3. The fraction of sp³-hybridized carbons (Fsp3) is 0.167. The molecule has 0 aliphatic rings. The molecule has 10 aromatic rings. The van der Waals surface area contributed by atoms with E-state index in [-0.39, 0.29) is 0 Å². The molecule has 0 aliphatic carbocycles. The lowest BCUT2D eigenvalue weighted by Gasteiger charge is -2.20. The van der Waals surface area contributed by atoms with Crippen molar-refractivity contribution in [2.75, 3.05) is 0 Å². The zero-order chi connectivity index (χ0) is 40.6. The highest BCUT2D eigenvalue weighted by atomic mass is 15.2. The number of benzene rings is 7. The van der Waals surface area contributed by atoms with Gasteiger partial charge in [-0.25, -0.2) is 27.4 Å². The van der Waals surface area contributed by atoms with Gasteiger partial charge in [0.15, 0.2) is 33.1 Å². The van der Waals surface area contributed by atoms with E-state index in [1.807, 2.05) is 0 Å². The molecule has 0 saturated heterocycles. The molecule has 3 heterocycles. The van der Waals surface area contributed by atoms with E-state index >= 15 is 0 Å². The van der Waals surface area contributed by atoms with Crippen molar-refractivity contribution in [2.24, 2.45) is 0 Å². The molecule has 7 aromatic carbocycles. The highest BCUT2D eigenvalue weighted by Gasteiger charge is 2.26. The van der Waals surface area contributed by atoms with Gasteiger partial charge in [-0.1, -0.05) is 127 Å². The molecule has 3 aromatic heterocycles. The Bertz CT molecular complexity index is 2760. The van der Waals surface area contributed by atoms with Crippen molar-refractivity contribution in [2.45, 2.75) is 60.0 Å². The van der Waals surface area contributed by atoms with Crippen molar-refractivity contribution >= 4 is 33.1 Å². The van der Waals surface area contributed by atoms with Crippen LogP contribution in [0.4, 0.5) is 0 Å². The Hall–Kier alpha value is -7.05. The number of para-hydroxylation sites is 6. The summed E-state index contributed by atoms with van der Waals surface area (Å²) in [4.78, 5) is 0. The van der Waals surface area contributed by atoms with Gasteiger partial charge < -0.3 is 0 Å². The predicted molar refractivity (Wildman–Crippen MR) is 241 cm³/mol. The fourth-order valence-electron chi connectivity index (χ4n) is 9.44. The first kappa shape index (κ1) is 37.2. The van der Waals surface area contributed by atoms with Gasteiger partial charge in [0, 0.05) is 16.7 Å². The summed E-state index contributed by atoms with van der Waals surface area (Å²) >= 11 is 0. The van der Waals surface area contributed by atoms with Crippen LogP contribution in [0.1, 0.15) is 50.1 Å². The van der Waals surface area contributed by atoms with Crippen LogP contribution in [0.15, 0.2) is 183 Å². The lowest BCUT2D eigenvalue weighted by molar-refractivity contribution is -0.663. The summed E-state index contributed by atoms with van der Waals surface area (Å²) in [5.74, 6) is 0. The molecule has 6 heteroatoms. The average Bonchev–Trinajstić information content (AvgIpc) is 3.94. The SMILES string of the molecule is Cc1c(Cn2c[n+](Cc3ccccc3)c3ccccc32)c(C)c(Cn2c[n+](Cc3ccccc3)c3ccccc32)c(C)c1Cn1c[n+](Cc2ccccc2)c2ccccc21. The van der Waals surface area contributed by atoms with Crippen LogP contribution < -0.4 is 13.7 Å². The monoisotopic (exact) mass is 783 g/mol. The minimum absolute atomic E-state index is 0.779. The van der Waals surface area contributed by atoms with Gasteiger partial charge in [-0.2, -0.15) is 0 Å². The number of rotatable bonds is 12. The van der Waals surface area contributed by atoms with Crippen LogP contribution in [0, 0.1) is 20.8 Å². The van der Waals surface area contributed by atoms with E-state index in [1.165, 1.54) is 83.2 Å². The maximum absolute atomic E-state index is 2.47. The third kappa shape index (κ3) is 7.08. The molecule has 0 saturated carbocycles. The van der Waals surface area contributed by atoms with Crippen molar-refractivity contribution in [1.29, 1.82) is 0 Å². The quantitative estimate of drug-likeness (QED) is 0.111. The molecule has 10 rings (SSSR count). The Morgan fingerprint density at radius 3 is 0.850 bits per heavy atom. The molecule has 0 fully saturated rings. The second-order valence-electron chi connectivity index (χ2n) is 16.3. The van der Waals surface area contributed by atoms with Crippen LogP contribution in [0.25, 0.3) is 33.1 Å². The Balaban J connectivity index is 1.11. The number of hydrogen-bond acceptors (Lipinski definition) is 0. The number of nitrogens with zero attached hydrogens (tertiary/aromatic N) is 6. The molecule has 60 heavy (non-hydrogen) atoms. The first-order chi connectivity index (χ1) is 29.5. The molecule has 0 N–H and O–H groups in total. The second kappa shape index (κ2) is 16.0. The molecule has 0 atom stereocenters. The maximum atomic E-state index is 2.47. The molecule has 0 radical (unpaired) electrons. The fourth-order valence-corrected chi connectivity index (χ4v) is 9.44. The second-order valence-corrected chi connectivity index (χ2v) is 16.3. The molecular weight excluding hydrogens is 733 g/mol. The molecule has 294 valence electrons. The molecule has 0 spiro atoms. The van der Waals surface area contributed by atoms with Gasteiger partial charge in [-0.3, -0.25) is 0 Å². The summed E-state index contributed by atoms with van der Waals surface area (Å²) in [6.07, 6.45) is 6.98. The molecule has 0 aliphatic heterocycles. The van der Waals surface area contributed by atoms with Crippen molar-refractivity contribution < 1.29 is 13.7 Å². The van der Waals surface area contributed by atoms with Gasteiger partial charge >= 0.3 is 0 Å². The molecule has 0 bridgehead atoms. The van der Waals surface area contributed by atoms with Crippen LogP contribution in [0.3, 0.4) is 0 Å². The lowest BCUT2D eigenvalue weighted by Crippen LogP contribution is -2.33. The zero-order valence-electron chi connectivity index (χ0n) is 34.7. The summed E-state index contributed by atoms with van der Waals surface area (Å²) < 4.78 is 14.6. The van der Waals surface area contributed by atoms with E-state index in [2.05, 4.69) is 231 Å². The van der Waals surface area contributed by atoms with Crippen molar-refractivity contribution in [3.63, 3.8) is 0 Å². The largest absolute Gasteiger partial charge is 0.245 e. The Labute approximate surface area is 352 Å². The molecule has 0 unspecified atom stereocenters. The van der Waals surface area contributed by atoms with E-state index < -0.39 is 0 Å². The number of fused-ring (bicyclic) bond motifs is 3. The number of imidazole rings is 3. The normalized spacial score (nSPS) is 11.7. The van der Waals surface area contributed by atoms with Crippen molar-refractivity contribution in [1.82, 2.24) is 13.7 Å². The Morgan fingerprint density at radius 1 is 0.317 bits per heavy atom. The summed E-state index contributed by atoms with van der Waals surface area (Å²) in [7, 11) is 0. The van der Waals surface area contributed by atoms with Gasteiger partial charge in [0.05, 0.1) is 0 Å². The maximum Gasteiger partial charge on any atom is 0.245 e. The van der Waals surface area contributed by atoms with Crippen LogP contribution >= 0.6 is 0 Å². The zero-order valence-corrected chi connectivity index (χ0v) is 34.7. The van der Waals surface area contributed by atoms with E-state index in [0.29, 0.717) is 0 Å². The van der Waals surface area contributed by atoms with Gasteiger partial charge in [0.1, 0.15) is 39.3 Å². The summed E-state index contributed by atoms with van der Waals surface area (Å²) in [5, 5.41) is 0. The minimum Gasteiger partial charge on any atom is -0.226 e. The van der Waals surface area contributed by atoms with Crippen LogP contribution in [-0.4, -0.2) is 13.7 Å². The van der Waals surface area contributed by atoms with E-state index in [4.69, 9.17) is 0 Å². The van der Waals surface area contributed by atoms with Gasteiger partial charge in [-0.15, -0.1) is 0 Å². The highest BCUT2D eigenvalue weighted by molar-refractivity contribution is 5.74. The van der Waals surface area contributed by atoms with Gasteiger partial charge in [0.2, 0.25) is 19.0 Å². The summed E-state index contributed by atoms with van der Waals surface area (Å²) in [6.45, 7) is 11.9. The van der Waals surface area contributed by atoms with Crippen LogP contribution in [-0.2, 0) is 39.3 Å². The number of hydrogen-bond donors (Lipinski definition) is 0. The first-order valence-electron chi connectivity index (χ1n) is 21.1. The highest BCUT2D eigenvalue weighted by Crippen LogP contribution is 2.32. The van der Waals surface area contributed by atoms with E-state index in [1.54, 1.807) is 0 Å². The first-order valence-corrected chi connectivity index (χ1v) is 21.1. The van der Waals surface area contributed by atoms with E-state index in [9.17, 15) is 0 Å². The third-order valence-corrected chi connectivity index (χ3v) is 12.6. The third-order valence-electron chi connectivity index (χ3n) is 12.6. The van der Waals surface area contributed by atoms with Crippen molar-refractivity contribution in [3.8, 4) is 0 Å². The smallest absolute Gasteiger partial charge is 0.226 e. The Morgan fingerprint density at radius 2 is 0.567 bits per heavy atom. The van der Waals surface area contributed by atoms with E-state index in [0.717, 1.165) is 39.3 Å². The Kier molecular flexibility index (Phi) is 9.90. The summed E-state index contributed by atoms with van der Waals surface area (Å²) in [5.41, 5.74) is 19.6. The molecule has 6 nitrogen and oxygen atoms in total. The van der Waals surface area contributed by atoms with Crippen LogP contribution in [0.5, 0.6) is 0 Å². The number of aromatic nitrogens is 6. The van der Waals surface area contributed by atoms with Crippen molar-refractivity contribution in [3.05, 3.63) is 233 Å². The lowest BCUT2D eigenvalue weighted by atomic mass is 9.87. The molecule has 0 amide bonds. The van der Waals surface area contributed by atoms with Gasteiger partial charge in [0.25, 0.3) is 0 Å². The molecular formula is C54H51N6+3. The predicted octanol–water partition coefficient (Wildman–Crippen LogP) is 9.63.